The number of ether oxygens (including phenoxy) is 3. The first kappa shape index (κ1) is 20.2. The normalized spacial score (nSPS) is 22.0. The quantitative estimate of drug-likeness (QED) is 0.547. The topological polar surface area (TPSA) is 69.7 Å². The van der Waals surface area contributed by atoms with Crippen LogP contribution in [0, 0.1) is 0 Å². The van der Waals surface area contributed by atoms with Crippen LogP contribution >= 0.6 is 12.6 Å². The first-order chi connectivity index (χ1) is 13.8. The zero-order valence-corrected chi connectivity index (χ0v) is 17.0. The van der Waals surface area contributed by atoms with Crippen molar-refractivity contribution in [2.75, 3.05) is 20.8 Å². The Morgan fingerprint density at radius 2 is 2.07 bits per heavy atom. The SMILES string of the molecule is COC(=O)C1CC(Oc2c(C3CC3)nc3ccc(OC)cc3c2C(F)(F)S)CN1. The number of pyridine rings is 1. The van der Waals surface area contributed by atoms with Gasteiger partial charge in [-0.3, -0.25) is 4.79 Å². The number of thiol groups is 1. The Labute approximate surface area is 172 Å². The zero-order valence-electron chi connectivity index (χ0n) is 16.1. The maximum absolute atomic E-state index is 14.7. The molecule has 0 radical (unpaired) electrons. The molecule has 2 unspecified atom stereocenters. The molecule has 2 heterocycles. The van der Waals surface area contributed by atoms with E-state index >= 15 is 0 Å². The highest BCUT2D eigenvalue weighted by atomic mass is 32.1. The van der Waals surface area contributed by atoms with Crippen molar-refractivity contribution in [3.63, 3.8) is 0 Å². The number of methoxy groups -OCH3 is 2. The van der Waals surface area contributed by atoms with Gasteiger partial charge in [0.1, 0.15) is 17.9 Å². The van der Waals surface area contributed by atoms with Crippen molar-refractivity contribution in [3.05, 3.63) is 29.5 Å². The van der Waals surface area contributed by atoms with Crippen LogP contribution in [0.2, 0.25) is 0 Å². The van der Waals surface area contributed by atoms with E-state index in [-0.39, 0.29) is 22.6 Å². The minimum Gasteiger partial charge on any atom is -0.497 e. The fourth-order valence-electron chi connectivity index (χ4n) is 3.70. The van der Waals surface area contributed by atoms with E-state index in [1.807, 2.05) is 0 Å². The zero-order chi connectivity index (χ0) is 20.8. The van der Waals surface area contributed by atoms with Crippen molar-refractivity contribution < 1.29 is 27.8 Å². The number of nitrogens with one attached hydrogen (secondary N) is 1. The lowest BCUT2D eigenvalue weighted by atomic mass is 10.0. The molecule has 1 saturated heterocycles. The molecule has 6 nitrogen and oxygen atoms in total. The van der Waals surface area contributed by atoms with Gasteiger partial charge in [-0.05, 0) is 31.0 Å². The van der Waals surface area contributed by atoms with Crippen molar-refractivity contribution >= 4 is 29.5 Å². The number of nitrogens with zero attached hydrogens (tertiary/aromatic N) is 1. The standard InChI is InChI=1S/C20H22F2N2O4S/c1-26-11-5-6-14-13(7-11)16(20(21,22)29)18(17(24-14)10-3-4-10)28-12-8-15(23-9-12)19(25)27-2/h5-7,10,12,15,23,29H,3-4,8-9H2,1-2H3. The number of rotatable bonds is 6. The van der Waals surface area contributed by atoms with Gasteiger partial charge in [-0.2, -0.15) is 8.78 Å². The van der Waals surface area contributed by atoms with Crippen LogP contribution in [0.1, 0.15) is 36.4 Å². The number of hydrogen-bond donors (Lipinski definition) is 2. The van der Waals surface area contributed by atoms with E-state index in [9.17, 15) is 13.6 Å². The Morgan fingerprint density at radius 1 is 1.31 bits per heavy atom. The lowest BCUT2D eigenvalue weighted by Crippen LogP contribution is -2.31. The summed E-state index contributed by atoms with van der Waals surface area (Å²) in [6.45, 7) is 0.345. The summed E-state index contributed by atoms with van der Waals surface area (Å²) < 4.78 is 45.4. The van der Waals surface area contributed by atoms with Gasteiger partial charge in [-0.1, -0.05) is 0 Å². The number of fused-ring (bicyclic) bond motifs is 1. The number of carbonyl (C=O) groups excluding carboxylic acids is 1. The van der Waals surface area contributed by atoms with Crippen LogP contribution in [0.15, 0.2) is 18.2 Å². The van der Waals surface area contributed by atoms with E-state index in [4.69, 9.17) is 14.2 Å². The van der Waals surface area contributed by atoms with Crippen molar-refractivity contribution in [2.45, 2.75) is 42.6 Å². The molecule has 1 N–H and O–H groups in total. The highest BCUT2D eigenvalue weighted by molar-refractivity contribution is 7.81. The highest BCUT2D eigenvalue weighted by Gasteiger charge is 2.41. The molecule has 9 heteroatoms. The number of halogens is 2. The lowest BCUT2D eigenvalue weighted by molar-refractivity contribution is -0.142. The molecule has 1 aliphatic heterocycles. The fraction of sp³-hybridized carbons (Fsp3) is 0.500. The summed E-state index contributed by atoms with van der Waals surface area (Å²) >= 11 is 3.58. The summed E-state index contributed by atoms with van der Waals surface area (Å²) in [5.41, 5.74) is 0.654. The Balaban J connectivity index is 1.80. The molecule has 4 rings (SSSR count). The van der Waals surface area contributed by atoms with Crippen LogP contribution in [0.25, 0.3) is 10.9 Å². The van der Waals surface area contributed by atoms with E-state index in [1.165, 1.54) is 20.3 Å². The van der Waals surface area contributed by atoms with Gasteiger partial charge in [-0.15, -0.1) is 12.6 Å². The number of hydrogen-bond acceptors (Lipinski definition) is 7. The van der Waals surface area contributed by atoms with Crippen LogP contribution in [-0.2, 0) is 14.8 Å². The second-order valence-corrected chi connectivity index (χ2v) is 7.92. The molecule has 0 spiro atoms. The van der Waals surface area contributed by atoms with Crippen molar-refractivity contribution in [1.82, 2.24) is 10.3 Å². The van der Waals surface area contributed by atoms with E-state index in [0.29, 0.717) is 29.9 Å². The van der Waals surface area contributed by atoms with Crippen LogP contribution in [0.3, 0.4) is 0 Å². The first-order valence-electron chi connectivity index (χ1n) is 9.42. The van der Waals surface area contributed by atoms with Crippen molar-refractivity contribution in [2.24, 2.45) is 0 Å². The smallest absolute Gasteiger partial charge is 0.323 e. The molecule has 2 aromatic rings. The molecule has 2 atom stereocenters. The minimum absolute atomic E-state index is 0.0607. The first-order valence-corrected chi connectivity index (χ1v) is 9.86. The molecule has 1 saturated carbocycles. The summed E-state index contributed by atoms with van der Waals surface area (Å²) in [5, 5.41) is -0.200. The summed E-state index contributed by atoms with van der Waals surface area (Å²) in [7, 11) is 2.78. The van der Waals surface area contributed by atoms with Crippen LogP contribution in [0.5, 0.6) is 11.5 Å². The van der Waals surface area contributed by atoms with Crippen molar-refractivity contribution in [1.29, 1.82) is 0 Å². The van der Waals surface area contributed by atoms with E-state index in [2.05, 4.69) is 22.9 Å². The van der Waals surface area contributed by atoms with Gasteiger partial charge < -0.3 is 19.5 Å². The predicted molar refractivity (Wildman–Crippen MR) is 106 cm³/mol. The van der Waals surface area contributed by atoms with Gasteiger partial charge in [0.2, 0.25) is 0 Å². The number of alkyl halides is 2. The summed E-state index contributed by atoms with van der Waals surface area (Å²) in [5.74, 6) is 0.179. The third-order valence-electron chi connectivity index (χ3n) is 5.30. The Hall–Kier alpha value is -2.13. The molecule has 2 fully saturated rings. The average Bonchev–Trinajstić information content (AvgIpc) is 3.43. The molecular formula is C20H22F2N2O4S. The van der Waals surface area contributed by atoms with Gasteiger partial charge >= 0.3 is 11.2 Å². The van der Waals surface area contributed by atoms with Gasteiger partial charge in [0.05, 0.1) is 31.0 Å². The third-order valence-corrected chi connectivity index (χ3v) is 5.52. The maximum atomic E-state index is 14.7. The van der Waals surface area contributed by atoms with Crippen LogP contribution in [-0.4, -0.2) is 43.9 Å². The summed E-state index contributed by atoms with van der Waals surface area (Å²) in [6, 6.07) is 4.35. The molecule has 1 aromatic carbocycles. The monoisotopic (exact) mass is 424 g/mol. The predicted octanol–water partition coefficient (Wildman–Crippen LogP) is 3.38. The van der Waals surface area contributed by atoms with Gasteiger partial charge in [0.15, 0.2) is 5.75 Å². The third kappa shape index (κ3) is 3.98. The molecule has 29 heavy (non-hydrogen) atoms. The van der Waals surface area contributed by atoms with Gasteiger partial charge in [-0.25, -0.2) is 4.98 Å². The van der Waals surface area contributed by atoms with E-state index in [1.54, 1.807) is 12.1 Å². The Morgan fingerprint density at radius 3 is 2.69 bits per heavy atom. The average molecular weight is 424 g/mol. The fourth-order valence-corrected chi connectivity index (χ4v) is 3.93. The molecule has 1 aromatic heterocycles. The van der Waals surface area contributed by atoms with Gasteiger partial charge in [0.25, 0.3) is 0 Å². The Kier molecular flexibility index (Phi) is 5.29. The molecule has 2 aliphatic rings. The molecule has 0 amide bonds. The van der Waals surface area contributed by atoms with Crippen LogP contribution in [0.4, 0.5) is 8.78 Å². The van der Waals surface area contributed by atoms with E-state index < -0.39 is 23.4 Å². The second-order valence-electron chi connectivity index (χ2n) is 7.36. The largest absolute Gasteiger partial charge is 0.497 e. The molecule has 156 valence electrons. The second kappa shape index (κ2) is 7.60. The van der Waals surface area contributed by atoms with Crippen molar-refractivity contribution in [3.8, 4) is 11.5 Å². The molecular weight excluding hydrogens is 402 g/mol. The maximum Gasteiger partial charge on any atom is 0.323 e. The highest BCUT2D eigenvalue weighted by Crippen LogP contribution is 2.51. The molecule has 0 bridgehead atoms. The summed E-state index contributed by atoms with van der Waals surface area (Å²) in [4.78, 5) is 16.4. The molecule has 1 aliphatic carbocycles. The summed E-state index contributed by atoms with van der Waals surface area (Å²) in [6.07, 6.45) is 1.60. The number of benzene rings is 1. The number of carbonyl (C=O) groups is 1. The Bertz CT molecular complexity index is 946. The lowest BCUT2D eigenvalue weighted by Gasteiger charge is -2.23. The number of aromatic nitrogens is 1. The van der Waals surface area contributed by atoms with E-state index in [0.717, 1.165) is 12.8 Å². The van der Waals surface area contributed by atoms with Gasteiger partial charge in [0, 0.05) is 24.3 Å². The number of esters is 1. The van der Waals surface area contributed by atoms with Crippen LogP contribution < -0.4 is 14.8 Å². The minimum atomic E-state index is -3.44.